The van der Waals surface area contributed by atoms with E-state index >= 15 is 0 Å². The summed E-state index contributed by atoms with van der Waals surface area (Å²) < 4.78 is 5.04. The molecule has 0 fully saturated rings. The highest BCUT2D eigenvalue weighted by Crippen LogP contribution is 2.28. The van der Waals surface area contributed by atoms with Gasteiger partial charge in [-0.15, -0.1) is 0 Å². The SMILES string of the molecule is COc1cccc(C=NNC(=O)CN2CCCc3ccccc32)c1O. The molecule has 0 aromatic heterocycles. The number of aromatic hydroxyl groups is 1. The first kappa shape index (κ1) is 16.8. The zero-order valence-electron chi connectivity index (χ0n) is 14.1. The van der Waals surface area contributed by atoms with Gasteiger partial charge in [-0.25, -0.2) is 5.43 Å². The second kappa shape index (κ2) is 7.70. The van der Waals surface area contributed by atoms with E-state index < -0.39 is 0 Å². The summed E-state index contributed by atoms with van der Waals surface area (Å²) in [4.78, 5) is 14.2. The molecule has 1 heterocycles. The van der Waals surface area contributed by atoms with Crippen molar-refractivity contribution in [2.45, 2.75) is 12.8 Å². The van der Waals surface area contributed by atoms with Gasteiger partial charge < -0.3 is 14.7 Å². The number of para-hydroxylation sites is 2. The third-order valence-corrected chi connectivity index (χ3v) is 4.18. The Bertz CT molecular complexity index is 789. The summed E-state index contributed by atoms with van der Waals surface area (Å²) in [7, 11) is 1.48. The number of hydrogen-bond acceptors (Lipinski definition) is 5. The van der Waals surface area contributed by atoms with Gasteiger partial charge in [0, 0.05) is 17.8 Å². The monoisotopic (exact) mass is 339 g/mol. The summed E-state index contributed by atoms with van der Waals surface area (Å²) in [5.41, 5.74) is 5.37. The molecule has 0 bridgehead atoms. The number of carbonyl (C=O) groups is 1. The fourth-order valence-corrected chi connectivity index (χ4v) is 2.97. The van der Waals surface area contributed by atoms with Gasteiger partial charge in [0.05, 0.1) is 19.9 Å². The van der Waals surface area contributed by atoms with Crippen LogP contribution in [0.15, 0.2) is 47.6 Å². The van der Waals surface area contributed by atoms with E-state index in [1.165, 1.54) is 18.9 Å². The van der Waals surface area contributed by atoms with E-state index in [2.05, 4.69) is 21.5 Å². The number of fused-ring (bicyclic) bond motifs is 1. The van der Waals surface area contributed by atoms with Crippen LogP contribution in [0.2, 0.25) is 0 Å². The fourth-order valence-electron chi connectivity index (χ4n) is 2.97. The minimum absolute atomic E-state index is 0.00652. The van der Waals surface area contributed by atoms with Gasteiger partial charge in [0.25, 0.3) is 5.91 Å². The number of aryl methyl sites for hydroxylation is 1. The number of rotatable bonds is 5. The summed E-state index contributed by atoms with van der Waals surface area (Å²) in [6.07, 6.45) is 3.48. The van der Waals surface area contributed by atoms with Gasteiger partial charge in [-0.05, 0) is 36.6 Å². The minimum Gasteiger partial charge on any atom is -0.504 e. The molecule has 6 heteroatoms. The van der Waals surface area contributed by atoms with E-state index in [-0.39, 0.29) is 18.2 Å². The van der Waals surface area contributed by atoms with Crippen LogP contribution in [0, 0.1) is 0 Å². The van der Waals surface area contributed by atoms with Crippen molar-refractivity contribution in [3.63, 3.8) is 0 Å². The molecule has 25 heavy (non-hydrogen) atoms. The first-order valence-corrected chi connectivity index (χ1v) is 8.20. The van der Waals surface area contributed by atoms with Gasteiger partial charge in [-0.3, -0.25) is 4.79 Å². The number of methoxy groups -OCH3 is 1. The first-order valence-electron chi connectivity index (χ1n) is 8.20. The van der Waals surface area contributed by atoms with Crippen LogP contribution in [0.3, 0.4) is 0 Å². The average Bonchev–Trinajstić information content (AvgIpc) is 2.63. The van der Waals surface area contributed by atoms with Gasteiger partial charge >= 0.3 is 0 Å². The molecule has 0 radical (unpaired) electrons. The van der Waals surface area contributed by atoms with Crippen LogP contribution in [-0.4, -0.2) is 37.4 Å². The number of phenols is 1. The lowest BCUT2D eigenvalue weighted by molar-refractivity contribution is -0.119. The molecule has 0 atom stereocenters. The Morgan fingerprint density at radius 2 is 2.16 bits per heavy atom. The van der Waals surface area contributed by atoms with Gasteiger partial charge in [0.1, 0.15) is 0 Å². The summed E-state index contributed by atoms with van der Waals surface area (Å²) in [6, 6.07) is 13.2. The van der Waals surface area contributed by atoms with Crippen molar-refractivity contribution in [3.05, 3.63) is 53.6 Å². The van der Waals surface area contributed by atoms with Gasteiger partial charge in [-0.1, -0.05) is 24.3 Å². The van der Waals surface area contributed by atoms with Crippen molar-refractivity contribution in [1.29, 1.82) is 0 Å². The highest BCUT2D eigenvalue weighted by molar-refractivity contribution is 5.87. The second-order valence-electron chi connectivity index (χ2n) is 5.85. The highest BCUT2D eigenvalue weighted by Gasteiger charge is 2.18. The number of phenolic OH excluding ortho intramolecular Hbond substituents is 1. The van der Waals surface area contributed by atoms with Crippen molar-refractivity contribution < 1.29 is 14.6 Å². The normalized spacial score (nSPS) is 13.6. The van der Waals surface area contributed by atoms with Crippen LogP contribution in [0.5, 0.6) is 11.5 Å². The van der Waals surface area contributed by atoms with E-state index in [1.807, 2.05) is 18.2 Å². The maximum Gasteiger partial charge on any atom is 0.259 e. The number of hydrazone groups is 1. The van der Waals surface area contributed by atoms with Crippen molar-refractivity contribution >= 4 is 17.8 Å². The lowest BCUT2D eigenvalue weighted by Crippen LogP contribution is -2.38. The first-order chi connectivity index (χ1) is 12.2. The summed E-state index contributed by atoms with van der Waals surface area (Å²) >= 11 is 0. The lowest BCUT2D eigenvalue weighted by Gasteiger charge is -2.30. The van der Waals surface area contributed by atoms with Gasteiger partial charge in [0.15, 0.2) is 11.5 Å². The predicted octanol–water partition coefficient (Wildman–Crippen LogP) is 2.30. The topological polar surface area (TPSA) is 74.2 Å². The molecule has 2 aromatic carbocycles. The molecule has 130 valence electrons. The molecule has 0 unspecified atom stereocenters. The molecule has 0 spiro atoms. The van der Waals surface area contributed by atoms with Crippen LogP contribution >= 0.6 is 0 Å². The average molecular weight is 339 g/mol. The van der Waals surface area contributed by atoms with Crippen LogP contribution in [0.1, 0.15) is 17.5 Å². The summed E-state index contributed by atoms with van der Waals surface area (Å²) in [5, 5.41) is 13.9. The highest BCUT2D eigenvalue weighted by atomic mass is 16.5. The number of nitrogens with one attached hydrogen (secondary N) is 1. The minimum atomic E-state index is -0.199. The summed E-state index contributed by atoms with van der Waals surface area (Å²) in [6.45, 7) is 1.10. The zero-order chi connectivity index (χ0) is 17.6. The van der Waals surface area contributed by atoms with E-state index in [4.69, 9.17) is 4.74 Å². The van der Waals surface area contributed by atoms with Crippen molar-refractivity contribution in [1.82, 2.24) is 5.43 Å². The van der Waals surface area contributed by atoms with Crippen molar-refractivity contribution in [2.75, 3.05) is 25.1 Å². The van der Waals surface area contributed by atoms with E-state index in [0.717, 1.165) is 25.1 Å². The number of nitrogens with zero attached hydrogens (tertiary/aromatic N) is 2. The molecule has 1 aliphatic heterocycles. The van der Waals surface area contributed by atoms with E-state index in [0.29, 0.717) is 11.3 Å². The molecule has 1 amide bonds. The maximum absolute atomic E-state index is 12.2. The van der Waals surface area contributed by atoms with Crippen LogP contribution in [0.4, 0.5) is 5.69 Å². The molecule has 6 nitrogen and oxygen atoms in total. The molecule has 2 N–H and O–H groups in total. The number of benzene rings is 2. The Balaban J connectivity index is 1.61. The smallest absolute Gasteiger partial charge is 0.259 e. The molecule has 1 aliphatic rings. The third-order valence-electron chi connectivity index (χ3n) is 4.18. The van der Waals surface area contributed by atoms with E-state index in [1.54, 1.807) is 18.2 Å². The van der Waals surface area contributed by atoms with Crippen LogP contribution < -0.4 is 15.1 Å². The molecule has 3 rings (SSSR count). The lowest BCUT2D eigenvalue weighted by atomic mass is 10.0. The Labute approximate surface area is 146 Å². The molecule has 0 aliphatic carbocycles. The number of amides is 1. The molecule has 0 saturated carbocycles. The van der Waals surface area contributed by atoms with Crippen molar-refractivity contribution in [3.8, 4) is 11.5 Å². The van der Waals surface area contributed by atoms with Gasteiger partial charge in [-0.2, -0.15) is 5.10 Å². The molecule has 0 saturated heterocycles. The number of anilines is 1. The Morgan fingerprint density at radius 3 is 3.00 bits per heavy atom. The second-order valence-corrected chi connectivity index (χ2v) is 5.85. The third kappa shape index (κ3) is 3.91. The summed E-state index contributed by atoms with van der Waals surface area (Å²) in [5.74, 6) is 0.156. The van der Waals surface area contributed by atoms with Crippen LogP contribution in [-0.2, 0) is 11.2 Å². The maximum atomic E-state index is 12.2. The number of ether oxygens (including phenoxy) is 1. The molecule has 2 aromatic rings. The van der Waals surface area contributed by atoms with Gasteiger partial charge in [0.2, 0.25) is 0 Å². The van der Waals surface area contributed by atoms with Crippen molar-refractivity contribution in [2.24, 2.45) is 5.10 Å². The predicted molar refractivity (Wildman–Crippen MR) is 97.4 cm³/mol. The molecular weight excluding hydrogens is 318 g/mol. The number of hydrogen-bond donors (Lipinski definition) is 2. The van der Waals surface area contributed by atoms with Crippen LogP contribution in [0.25, 0.3) is 0 Å². The molecular formula is C19H21N3O3. The standard InChI is InChI=1S/C19H21N3O3/c1-25-17-10-4-7-15(19(17)24)12-20-21-18(23)13-22-11-5-8-14-6-2-3-9-16(14)22/h2-4,6-7,9-10,12,24H,5,8,11,13H2,1H3,(H,21,23). The zero-order valence-corrected chi connectivity index (χ0v) is 14.1. The Hall–Kier alpha value is -3.02. The number of carbonyl (C=O) groups excluding carboxylic acids is 1. The quantitative estimate of drug-likeness (QED) is 0.647. The van der Waals surface area contributed by atoms with E-state index in [9.17, 15) is 9.90 Å². The largest absolute Gasteiger partial charge is 0.504 e. The Kier molecular flexibility index (Phi) is 5.18. The fraction of sp³-hybridized carbons (Fsp3) is 0.263. The Morgan fingerprint density at radius 1 is 1.32 bits per heavy atom.